The molecule has 1 saturated heterocycles. The molecule has 1 rings (SSSR count). The quantitative estimate of drug-likeness (QED) is 0.275. The van der Waals surface area contributed by atoms with E-state index >= 15 is 0 Å². The van der Waals surface area contributed by atoms with E-state index < -0.39 is 0 Å². The van der Waals surface area contributed by atoms with E-state index in [0.29, 0.717) is 6.61 Å². The summed E-state index contributed by atoms with van der Waals surface area (Å²) in [6, 6.07) is 0. The average Bonchev–Trinajstić information content (AvgIpc) is 2.63. The predicted molar refractivity (Wildman–Crippen MR) is 101 cm³/mol. The fourth-order valence-corrected chi connectivity index (χ4v) is 2.90. The molecule has 0 aromatic rings. The van der Waals surface area contributed by atoms with Crippen molar-refractivity contribution in [2.75, 3.05) is 66.6 Å². The summed E-state index contributed by atoms with van der Waals surface area (Å²) in [5, 5.41) is 3.37. The maximum Gasteiger partial charge on any atom is 0.309 e. The standard InChI is InChI=1S/C18H36N4O3/c1-5-19-18(20-10-7-11-21(3)14-15-24-4)22-12-8-16(9-13-22)17(23)25-6-2/h16H,5-15H2,1-4H3,(H,19,20). The molecule has 1 aliphatic rings. The Morgan fingerprint density at radius 2 is 2.00 bits per heavy atom. The first-order chi connectivity index (χ1) is 12.1. The van der Waals surface area contributed by atoms with Gasteiger partial charge in [-0.05, 0) is 46.7 Å². The highest BCUT2D eigenvalue weighted by molar-refractivity contribution is 5.80. The maximum atomic E-state index is 11.8. The minimum absolute atomic E-state index is 0.0357. The van der Waals surface area contributed by atoms with Gasteiger partial charge < -0.3 is 24.6 Å². The van der Waals surface area contributed by atoms with Crippen LogP contribution in [0.15, 0.2) is 4.99 Å². The Kier molecular flexibility index (Phi) is 11.2. The SMILES string of the molecule is CCNC(=NCCCN(C)CCOC)N1CCC(C(=O)OCC)CC1. The molecule has 25 heavy (non-hydrogen) atoms. The molecule has 146 valence electrons. The van der Waals surface area contributed by atoms with Crippen LogP contribution in [0.3, 0.4) is 0 Å². The van der Waals surface area contributed by atoms with E-state index in [9.17, 15) is 4.79 Å². The minimum atomic E-state index is -0.0526. The summed E-state index contributed by atoms with van der Waals surface area (Å²) >= 11 is 0. The van der Waals surface area contributed by atoms with Crippen LogP contribution in [0.2, 0.25) is 0 Å². The number of methoxy groups -OCH3 is 1. The average molecular weight is 357 g/mol. The molecule has 7 nitrogen and oxygen atoms in total. The Labute approximate surface area is 152 Å². The summed E-state index contributed by atoms with van der Waals surface area (Å²) in [7, 11) is 3.83. The van der Waals surface area contributed by atoms with Crippen LogP contribution in [0.1, 0.15) is 33.1 Å². The van der Waals surface area contributed by atoms with Crippen molar-refractivity contribution in [2.24, 2.45) is 10.9 Å². The van der Waals surface area contributed by atoms with Crippen molar-refractivity contribution >= 4 is 11.9 Å². The van der Waals surface area contributed by atoms with Crippen LogP contribution in [0.25, 0.3) is 0 Å². The normalized spacial score (nSPS) is 16.4. The molecule has 0 aliphatic carbocycles. The van der Waals surface area contributed by atoms with Crippen molar-refractivity contribution < 1.29 is 14.3 Å². The Balaban J connectivity index is 2.39. The van der Waals surface area contributed by atoms with Crippen molar-refractivity contribution in [2.45, 2.75) is 33.1 Å². The molecule has 0 unspecified atom stereocenters. The molecule has 0 atom stereocenters. The van der Waals surface area contributed by atoms with Gasteiger partial charge in [-0.1, -0.05) is 0 Å². The number of esters is 1. The van der Waals surface area contributed by atoms with E-state index in [1.165, 1.54) is 0 Å². The number of carbonyl (C=O) groups is 1. The number of nitrogens with zero attached hydrogens (tertiary/aromatic N) is 3. The lowest BCUT2D eigenvalue weighted by molar-refractivity contribution is -0.149. The third kappa shape index (κ3) is 8.54. The lowest BCUT2D eigenvalue weighted by Crippen LogP contribution is -2.46. The number of piperidine rings is 1. The van der Waals surface area contributed by atoms with Crippen LogP contribution in [0.4, 0.5) is 0 Å². The van der Waals surface area contributed by atoms with Crippen LogP contribution >= 0.6 is 0 Å². The summed E-state index contributed by atoms with van der Waals surface area (Å²) in [5.41, 5.74) is 0. The van der Waals surface area contributed by atoms with Gasteiger partial charge in [-0.2, -0.15) is 0 Å². The molecular formula is C18H36N4O3. The van der Waals surface area contributed by atoms with Crippen molar-refractivity contribution in [1.82, 2.24) is 15.1 Å². The number of aliphatic imine (C=N–C) groups is 1. The highest BCUT2D eigenvalue weighted by Crippen LogP contribution is 2.18. The molecule has 0 saturated carbocycles. The highest BCUT2D eigenvalue weighted by atomic mass is 16.5. The number of likely N-dealkylation sites (N-methyl/N-ethyl adjacent to an activating group) is 1. The molecule has 0 aromatic heterocycles. The topological polar surface area (TPSA) is 66.4 Å². The number of hydrogen-bond acceptors (Lipinski definition) is 5. The monoisotopic (exact) mass is 356 g/mol. The minimum Gasteiger partial charge on any atom is -0.466 e. The third-order valence-electron chi connectivity index (χ3n) is 4.39. The Morgan fingerprint density at radius 1 is 1.28 bits per heavy atom. The van der Waals surface area contributed by atoms with Gasteiger partial charge >= 0.3 is 5.97 Å². The van der Waals surface area contributed by atoms with Crippen molar-refractivity contribution in [3.8, 4) is 0 Å². The zero-order valence-corrected chi connectivity index (χ0v) is 16.4. The summed E-state index contributed by atoms with van der Waals surface area (Å²) in [5.74, 6) is 0.945. The number of nitrogens with one attached hydrogen (secondary N) is 1. The lowest BCUT2D eigenvalue weighted by Gasteiger charge is -2.33. The summed E-state index contributed by atoms with van der Waals surface area (Å²) in [6.45, 7) is 10.5. The van der Waals surface area contributed by atoms with Crippen molar-refractivity contribution in [3.05, 3.63) is 0 Å². The van der Waals surface area contributed by atoms with Gasteiger partial charge in [0.1, 0.15) is 0 Å². The van der Waals surface area contributed by atoms with Gasteiger partial charge in [0, 0.05) is 39.8 Å². The number of carbonyl (C=O) groups excluding carboxylic acids is 1. The molecule has 1 fully saturated rings. The number of ether oxygens (including phenoxy) is 2. The van der Waals surface area contributed by atoms with Crippen LogP contribution in [0, 0.1) is 5.92 Å². The molecule has 1 aliphatic heterocycles. The summed E-state index contributed by atoms with van der Waals surface area (Å²) < 4.78 is 10.2. The van der Waals surface area contributed by atoms with Gasteiger partial charge in [0.2, 0.25) is 0 Å². The van der Waals surface area contributed by atoms with Gasteiger partial charge in [0.15, 0.2) is 5.96 Å². The first-order valence-electron chi connectivity index (χ1n) is 9.49. The molecule has 7 heteroatoms. The zero-order chi connectivity index (χ0) is 18.5. The summed E-state index contributed by atoms with van der Waals surface area (Å²) in [6.07, 6.45) is 2.69. The van der Waals surface area contributed by atoms with Crippen molar-refractivity contribution in [1.29, 1.82) is 0 Å². The Hall–Kier alpha value is -1.34. The predicted octanol–water partition coefficient (Wildman–Crippen LogP) is 1.20. The Bertz CT molecular complexity index is 396. The van der Waals surface area contributed by atoms with Crippen LogP contribution in [-0.4, -0.2) is 88.4 Å². The molecule has 0 amide bonds. The number of rotatable bonds is 10. The van der Waals surface area contributed by atoms with Crippen LogP contribution in [0.5, 0.6) is 0 Å². The smallest absolute Gasteiger partial charge is 0.309 e. The van der Waals surface area contributed by atoms with E-state index in [2.05, 4.69) is 29.1 Å². The van der Waals surface area contributed by atoms with Crippen molar-refractivity contribution in [3.63, 3.8) is 0 Å². The molecule has 0 radical (unpaired) electrons. The molecule has 1 heterocycles. The fourth-order valence-electron chi connectivity index (χ4n) is 2.90. The largest absolute Gasteiger partial charge is 0.466 e. The van der Waals surface area contributed by atoms with Gasteiger partial charge in [-0.3, -0.25) is 9.79 Å². The van der Waals surface area contributed by atoms with Gasteiger partial charge in [0.25, 0.3) is 0 Å². The molecule has 0 bridgehead atoms. The van der Waals surface area contributed by atoms with E-state index in [1.807, 2.05) is 6.92 Å². The summed E-state index contributed by atoms with van der Waals surface area (Å²) in [4.78, 5) is 21.1. The second kappa shape index (κ2) is 12.9. The number of guanidine groups is 1. The first kappa shape index (κ1) is 21.7. The second-order valence-electron chi connectivity index (χ2n) is 6.40. The maximum absolute atomic E-state index is 11.8. The third-order valence-corrected chi connectivity index (χ3v) is 4.39. The lowest BCUT2D eigenvalue weighted by atomic mass is 9.97. The van der Waals surface area contributed by atoms with E-state index in [4.69, 9.17) is 14.5 Å². The number of likely N-dealkylation sites (tertiary alicyclic amines) is 1. The fraction of sp³-hybridized carbons (Fsp3) is 0.889. The highest BCUT2D eigenvalue weighted by Gasteiger charge is 2.27. The zero-order valence-electron chi connectivity index (χ0n) is 16.4. The molecule has 0 spiro atoms. The van der Waals surface area contributed by atoms with Gasteiger partial charge in [-0.15, -0.1) is 0 Å². The Morgan fingerprint density at radius 3 is 2.60 bits per heavy atom. The second-order valence-corrected chi connectivity index (χ2v) is 6.40. The van der Waals surface area contributed by atoms with E-state index in [0.717, 1.165) is 71.1 Å². The molecule has 1 N–H and O–H groups in total. The van der Waals surface area contributed by atoms with Crippen LogP contribution in [-0.2, 0) is 14.3 Å². The van der Waals surface area contributed by atoms with E-state index in [1.54, 1.807) is 7.11 Å². The number of hydrogen-bond donors (Lipinski definition) is 1. The first-order valence-corrected chi connectivity index (χ1v) is 9.49. The van der Waals surface area contributed by atoms with Gasteiger partial charge in [-0.25, -0.2) is 0 Å². The molecular weight excluding hydrogens is 320 g/mol. The molecule has 0 aromatic carbocycles. The van der Waals surface area contributed by atoms with E-state index in [-0.39, 0.29) is 11.9 Å². The van der Waals surface area contributed by atoms with Gasteiger partial charge in [0.05, 0.1) is 19.1 Å². The van der Waals surface area contributed by atoms with Crippen LogP contribution < -0.4 is 5.32 Å².